The molecule has 1 aliphatic heterocycles. The molecule has 5 nitrogen and oxygen atoms in total. The molecule has 1 unspecified atom stereocenters. The number of hydrogen-bond acceptors (Lipinski definition) is 3. The van der Waals surface area contributed by atoms with Crippen LogP contribution in [0, 0.1) is 17.8 Å². The fraction of sp³-hybridized carbons (Fsp3) is 0.500. The highest BCUT2D eigenvalue weighted by Crippen LogP contribution is 2.52. The molecule has 1 heterocycles. The van der Waals surface area contributed by atoms with Crippen molar-refractivity contribution in [1.82, 2.24) is 4.31 Å². The quantitative estimate of drug-likeness (QED) is 0.885. The largest absolute Gasteiger partial charge is 0.481 e. The van der Waals surface area contributed by atoms with E-state index in [-0.39, 0.29) is 35.7 Å². The Labute approximate surface area is 122 Å². The Morgan fingerprint density at radius 1 is 1.33 bits per heavy atom. The number of alkyl halides is 1. The van der Waals surface area contributed by atoms with Crippen molar-refractivity contribution in [3.63, 3.8) is 0 Å². The lowest BCUT2D eigenvalue weighted by Gasteiger charge is -2.19. The third kappa shape index (κ3) is 2.55. The van der Waals surface area contributed by atoms with E-state index in [0.717, 1.165) is 0 Å². The third-order valence-corrected chi connectivity index (χ3v) is 6.24. The number of nitrogens with zero attached hydrogens (tertiary/aromatic N) is 1. The van der Waals surface area contributed by atoms with Crippen LogP contribution in [0.3, 0.4) is 0 Å². The molecule has 1 aromatic carbocycles. The van der Waals surface area contributed by atoms with Crippen LogP contribution in [0.5, 0.6) is 0 Å². The molecule has 21 heavy (non-hydrogen) atoms. The maximum Gasteiger partial charge on any atom is 0.307 e. The minimum Gasteiger partial charge on any atom is -0.481 e. The van der Waals surface area contributed by atoms with E-state index in [0.29, 0.717) is 18.7 Å². The van der Waals surface area contributed by atoms with Gasteiger partial charge in [-0.05, 0) is 35.4 Å². The number of fused-ring (bicyclic) bond motifs is 1. The van der Waals surface area contributed by atoms with Crippen molar-refractivity contribution < 1.29 is 22.7 Å². The fourth-order valence-corrected chi connectivity index (χ4v) is 4.76. The summed E-state index contributed by atoms with van der Waals surface area (Å²) < 4.78 is 39.0. The van der Waals surface area contributed by atoms with E-state index in [4.69, 9.17) is 5.11 Å². The number of sulfonamides is 1. The summed E-state index contributed by atoms with van der Waals surface area (Å²) in [6.45, 7) is 0.354. The van der Waals surface area contributed by atoms with Crippen molar-refractivity contribution >= 4 is 16.0 Å². The minimum absolute atomic E-state index is 0.0230. The van der Waals surface area contributed by atoms with Crippen LogP contribution in [-0.2, 0) is 21.2 Å². The van der Waals surface area contributed by atoms with Gasteiger partial charge in [-0.2, -0.15) is 4.31 Å². The molecule has 0 amide bonds. The molecular weight excluding hydrogens is 297 g/mol. The van der Waals surface area contributed by atoms with Crippen molar-refractivity contribution in [2.45, 2.75) is 11.3 Å². The molecule has 2 fully saturated rings. The summed E-state index contributed by atoms with van der Waals surface area (Å²) in [5.41, 5.74) is 0.453. The van der Waals surface area contributed by atoms with Gasteiger partial charge in [0.05, 0.1) is 18.0 Å². The summed E-state index contributed by atoms with van der Waals surface area (Å²) in [7, 11) is -3.61. The predicted molar refractivity (Wildman–Crippen MR) is 73.0 cm³/mol. The molecular formula is C14H16FNO4S. The lowest BCUT2D eigenvalue weighted by atomic mass is 10.2. The van der Waals surface area contributed by atoms with Crippen molar-refractivity contribution in [3.8, 4) is 0 Å². The number of carbonyl (C=O) groups is 1. The van der Waals surface area contributed by atoms with E-state index in [1.165, 1.54) is 16.4 Å². The van der Waals surface area contributed by atoms with Crippen LogP contribution < -0.4 is 0 Å². The van der Waals surface area contributed by atoms with Crippen molar-refractivity contribution in [2.75, 3.05) is 19.8 Å². The van der Waals surface area contributed by atoms with Gasteiger partial charge in [-0.1, -0.05) is 12.1 Å². The Balaban J connectivity index is 1.78. The molecule has 0 bridgehead atoms. The maximum absolute atomic E-state index is 12.6. The van der Waals surface area contributed by atoms with Crippen LogP contribution >= 0.6 is 0 Å². The van der Waals surface area contributed by atoms with E-state index in [9.17, 15) is 17.6 Å². The summed E-state index contributed by atoms with van der Waals surface area (Å²) in [4.78, 5) is 10.8. The lowest BCUT2D eigenvalue weighted by Crippen LogP contribution is -2.32. The number of carboxylic acids is 1. The molecule has 1 saturated heterocycles. The standard InChI is InChI=1S/C14H16FNO4S/c15-6-11-12-7-16(8-13(11)12)21(19,20)10-3-1-2-9(4-10)5-14(17)18/h1-4,11-13H,5-8H2,(H,17,18)/t11?,12-,13+. The average Bonchev–Trinajstić information content (AvgIpc) is 2.89. The maximum atomic E-state index is 12.6. The summed E-state index contributed by atoms with van der Waals surface area (Å²) in [5, 5.41) is 8.77. The monoisotopic (exact) mass is 313 g/mol. The molecule has 1 aliphatic carbocycles. The number of benzene rings is 1. The Hall–Kier alpha value is -1.47. The van der Waals surface area contributed by atoms with Gasteiger partial charge in [-0.25, -0.2) is 8.42 Å². The first-order chi connectivity index (χ1) is 9.93. The first-order valence-corrected chi connectivity index (χ1v) is 8.24. The van der Waals surface area contributed by atoms with Crippen molar-refractivity contribution in [1.29, 1.82) is 0 Å². The number of aliphatic carboxylic acids is 1. The van der Waals surface area contributed by atoms with Gasteiger partial charge in [0.15, 0.2) is 0 Å². The summed E-state index contributed by atoms with van der Waals surface area (Å²) >= 11 is 0. The summed E-state index contributed by atoms with van der Waals surface area (Å²) in [5.74, 6) is -0.688. The zero-order chi connectivity index (χ0) is 15.2. The molecule has 0 spiro atoms. The second-order valence-corrected chi connectivity index (χ2v) is 7.62. The van der Waals surface area contributed by atoms with E-state index < -0.39 is 16.0 Å². The molecule has 2 aliphatic rings. The van der Waals surface area contributed by atoms with Gasteiger partial charge >= 0.3 is 5.97 Å². The zero-order valence-corrected chi connectivity index (χ0v) is 12.1. The van der Waals surface area contributed by atoms with Crippen molar-refractivity contribution in [2.24, 2.45) is 17.8 Å². The lowest BCUT2D eigenvalue weighted by molar-refractivity contribution is -0.136. The Kier molecular flexibility index (Phi) is 3.49. The molecule has 7 heteroatoms. The molecule has 114 valence electrons. The molecule has 1 N–H and O–H groups in total. The van der Waals surface area contributed by atoms with E-state index in [1.54, 1.807) is 12.1 Å². The van der Waals surface area contributed by atoms with Gasteiger partial charge < -0.3 is 5.11 Å². The number of piperidine rings is 1. The Morgan fingerprint density at radius 2 is 2.00 bits per heavy atom. The van der Waals surface area contributed by atoms with Crippen LogP contribution in [0.25, 0.3) is 0 Å². The number of carboxylic acid groups (broad SMARTS) is 1. The van der Waals surface area contributed by atoms with Crippen LogP contribution in [0.2, 0.25) is 0 Å². The SMILES string of the molecule is O=C(O)Cc1cccc(S(=O)(=O)N2C[C@@H]3C(CF)[C@@H]3C2)c1. The van der Waals surface area contributed by atoms with E-state index >= 15 is 0 Å². The highest BCUT2D eigenvalue weighted by Gasteiger charge is 2.57. The number of rotatable bonds is 5. The second kappa shape index (κ2) is 5.06. The van der Waals surface area contributed by atoms with Crippen LogP contribution in [0.15, 0.2) is 29.2 Å². The molecule has 3 atom stereocenters. The normalized spacial score (nSPS) is 28.3. The molecule has 1 aromatic rings. The first kappa shape index (κ1) is 14.5. The molecule has 0 aromatic heterocycles. The smallest absolute Gasteiger partial charge is 0.307 e. The molecule has 0 radical (unpaired) electrons. The Morgan fingerprint density at radius 3 is 2.57 bits per heavy atom. The molecule has 3 rings (SSSR count). The van der Waals surface area contributed by atoms with Gasteiger partial charge in [0.2, 0.25) is 10.0 Å². The highest BCUT2D eigenvalue weighted by atomic mass is 32.2. The summed E-state index contributed by atoms with van der Waals surface area (Å²) in [6.07, 6.45) is -0.210. The van der Waals surface area contributed by atoms with Crippen molar-refractivity contribution in [3.05, 3.63) is 29.8 Å². The fourth-order valence-electron chi connectivity index (χ4n) is 3.18. The second-order valence-electron chi connectivity index (χ2n) is 5.69. The van der Waals surface area contributed by atoms with Gasteiger partial charge in [-0.15, -0.1) is 0 Å². The first-order valence-electron chi connectivity index (χ1n) is 6.80. The van der Waals surface area contributed by atoms with Gasteiger partial charge in [-0.3, -0.25) is 9.18 Å². The van der Waals surface area contributed by atoms with Gasteiger partial charge in [0.25, 0.3) is 0 Å². The minimum atomic E-state index is -3.61. The van der Waals surface area contributed by atoms with E-state index in [2.05, 4.69) is 0 Å². The zero-order valence-electron chi connectivity index (χ0n) is 11.3. The summed E-state index contributed by atoms with van der Waals surface area (Å²) in [6, 6.07) is 6.01. The average molecular weight is 313 g/mol. The van der Waals surface area contributed by atoms with E-state index in [1.807, 2.05) is 0 Å². The van der Waals surface area contributed by atoms with Gasteiger partial charge in [0, 0.05) is 13.1 Å². The number of halogens is 1. The van der Waals surface area contributed by atoms with Crippen LogP contribution in [0.4, 0.5) is 4.39 Å². The predicted octanol–water partition coefficient (Wildman–Crippen LogP) is 1.15. The molecule has 1 saturated carbocycles. The number of hydrogen-bond donors (Lipinski definition) is 1. The van der Waals surface area contributed by atoms with Crippen LogP contribution in [0.1, 0.15) is 5.56 Å². The van der Waals surface area contributed by atoms with Gasteiger partial charge in [0.1, 0.15) is 0 Å². The highest BCUT2D eigenvalue weighted by molar-refractivity contribution is 7.89. The third-order valence-electron chi connectivity index (χ3n) is 4.41. The topological polar surface area (TPSA) is 74.7 Å². The Bertz CT molecular complexity index is 663. The van der Waals surface area contributed by atoms with Crippen LogP contribution in [-0.4, -0.2) is 43.6 Å².